The highest BCUT2D eigenvalue weighted by Crippen LogP contribution is 2.59. The minimum Gasteiger partial charge on any atom is -0.508 e. The monoisotopic (exact) mass is 392 g/mol. The summed E-state index contributed by atoms with van der Waals surface area (Å²) in [6.07, 6.45) is 3.34. The third kappa shape index (κ3) is 4.04. The first-order valence-electron chi connectivity index (χ1n) is 10.9. The summed E-state index contributed by atoms with van der Waals surface area (Å²) in [5.41, 5.74) is 2.39. The molecule has 0 unspecified atom stereocenters. The molecule has 2 fully saturated rings. The number of likely N-dealkylation sites (tertiary alicyclic amines) is 1. The first-order valence-corrected chi connectivity index (χ1v) is 10.9. The molecule has 1 aliphatic carbocycles. The topological polar surface area (TPSA) is 52.6 Å². The standard InChI is InChI=1S/C25H32N2O2/c1-18-23(25(18,2)20-8-4-3-5-9-20)24(29)26-17-21(27-14-6-7-15-27)16-19-10-12-22(28)13-11-19/h3-5,8-13,18,21,23,28H,6-7,14-17H2,1-2H3,(H,26,29)/t18-,21-,23-,25+/m0/s1. The van der Waals surface area contributed by atoms with Gasteiger partial charge in [-0.2, -0.15) is 0 Å². The SMILES string of the molecule is C[C@H]1[C@@H](C(=O)NC[C@H](Cc2ccc(O)cc2)N2CCCC2)[C@@]1(C)c1ccccc1. The Kier molecular flexibility index (Phi) is 5.64. The van der Waals surface area contributed by atoms with Crippen molar-refractivity contribution in [2.24, 2.45) is 11.8 Å². The molecule has 0 radical (unpaired) electrons. The average Bonchev–Trinajstić information content (AvgIpc) is 3.09. The molecule has 2 aromatic rings. The third-order valence-corrected chi connectivity index (χ3v) is 7.24. The largest absolute Gasteiger partial charge is 0.508 e. The smallest absolute Gasteiger partial charge is 0.224 e. The molecule has 1 amide bonds. The van der Waals surface area contributed by atoms with Crippen molar-refractivity contribution in [2.45, 2.75) is 44.6 Å². The van der Waals surface area contributed by atoms with E-state index in [2.05, 4.69) is 48.3 Å². The number of nitrogens with one attached hydrogen (secondary N) is 1. The molecule has 2 aliphatic rings. The van der Waals surface area contributed by atoms with Crippen molar-refractivity contribution < 1.29 is 9.90 Å². The van der Waals surface area contributed by atoms with E-state index in [1.807, 2.05) is 18.2 Å². The number of hydrogen-bond donors (Lipinski definition) is 2. The van der Waals surface area contributed by atoms with Crippen LogP contribution in [0.5, 0.6) is 5.75 Å². The van der Waals surface area contributed by atoms with Gasteiger partial charge in [-0.1, -0.05) is 56.3 Å². The van der Waals surface area contributed by atoms with E-state index in [0.717, 1.165) is 19.5 Å². The quantitative estimate of drug-likeness (QED) is 0.755. The highest BCUT2D eigenvalue weighted by Gasteiger charge is 2.62. The van der Waals surface area contributed by atoms with Gasteiger partial charge in [-0.05, 0) is 61.5 Å². The van der Waals surface area contributed by atoms with Gasteiger partial charge >= 0.3 is 0 Å². The van der Waals surface area contributed by atoms with Crippen LogP contribution in [0.15, 0.2) is 54.6 Å². The lowest BCUT2D eigenvalue weighted by Crippen LogP contribution is -2.44. The number of amides is 1. The number of phenols is 1. The molecule has 4 rings (SSSR count). The Balaban J connectivity index is 1.40. The van der Waals surface area contributed by atoms with Crippen LogP contribution in [0.1, 0.15) is 37.8 Å². The molecule has 4 heteroatoms. The zero-order valence-corrected chi connectivity index (χ0v) is 17.5. The summed E-state index contributed by atoms with van der Waals surface area (Å²) in [4.78, 5) is 15.6. The summed E-state index contributed by atoms with van der Waals surface area (Å²) in [5.74, 6) is 0.867. The number of benzene rings is 2. The van der Waals surface area contributed by atoms with E-state index in [4.69, 9.17) is 0 Å². The molecule has 154 valence electrons. The number of aromatic hydroxyl groups is 1. The van der Waals surface area contributed by atoms with Gasteiger partial charge in [-0.3, -0.25) is 9.69 Å². The van der Waals surface area contributed by atoms with Gasteiger partial charge in [0.1, 0.15) is 5.75 Å². The summed E-state index contributed by atoms with van der Waals surface area (Å²) in [6.45, 7) is 7.27. The fourth-order valence-electron chi connectivity index (χ4n) is 5.14. The molecule has 2 aromatic carbocycles. The fourth-order valence-corrected chi connectivity index (χ4v) is 5.14. The van der Waals surface area contributed by atoms with E-state index in [0.29, 0.717) is 24.3 Å². The van der Waals surface area contributed by atoms with E-state index in [-0.39, 0.29) is 17.2 Å². The number of carbonyl (C=O) groups excluding carboxylic acids is 1. The van der Waals surface area contributed by atoms with Crippen LogP contribution in [0.2, 0.25) is 0 Å². The molecule has 0 bridgehead atoms. The minimum atomic E-state index is -0.0640. The Bertz CT molecular complexity index is 830. The summed E-state index contributed by atoms with van der Waals surface area (Å²) in [7, 11) is 0. The van der Waals surface area contributed by atoms with Crippen LogP contribution < -0.4 is 5.32 Å². The first kappa shape index (κ1) is 20.0. The Labute approximate surface area is 173 Å². The highest BCUT2D eigenvalue weighted by atomic mass is 16.3. The van der Waals surface area contributed by atoms with Gasteiger partial charge < -0.3 is 10.4 Å². The van der Waals surface area contributed by atoms with Crippen molar-refractivity contribution in [3.63, 3.8) is 0 Å². The Hall–Kier alpha value is -2.33. The summed E-state index contributed by atoms with van der Waals surface area (Å²) in [6, 6.07) is 18.2. The molecule has 1 saturated carbocycles. The molecule has 0 aromatic heterocycles. The maximum Gasteiger partial charge on any atom is 0.224 e. The number of hydrogen-bond acceptors (Lipinski definition) is 3. The van der Waals surface area contributed by atoms with Gasteiger partial charge in [0.25, 0.3) is 0 Å². The lowest BCUT2D eigenvalue weighted by Gasteiger charge is -2.28. The zero-order chi connectivity index (χ0) is 20.4. The second-order valence-electron chi connectivity index (χ2n) is 8.93. The number of carbonyl (C=O) groups is 1. The molecule has 1 aliphatic heterocycles. The van der Waals surface area contributed by atoms with Gasteiger partial charge in [0.05, 0.1) is 5.92 Å². The summed E-state index contributed by atoms with van der Waals surface area (Å²) in [5, 5.41) is 12.8. The Morgan fingerprint density at radius 1 is 1.14 bits per heavy atom. The van der Waals surface area contributed by atoms with Gasteiger partial charge in [0.15, 0.2) is 0 Å². The first-order chi connectivity index (χ1) is 14.0. The van der Waals surface area contributed by atoms with Gasteiger partial charge in [0, 0.05) is 18.0 Å². The molecule has 29 heavy (non-hydrogen) atoms. The molecule has 4 nitrogen and oxygen atoms in total. The van der Waals surface area contributed by atoms with Gasteiger partial charge in [-0.25, -0.2) is 0 Å². The van der Waals surface area contributed by atoms with Crippen LogP contribution >= 0.6 is 0 Å². The van der Waals surface area contributed by atoms with Crippen LogP contribution in [-0.2, 0) is 16.6 Å². The van der Waals surface area contributed by atoms with Crippen LogP contribution in [0.3, 0.4) is 0 Å². The number of phenolic OH excluding ortho intramolecular Hbond substituents is 1. The number of nitrogens with zero attached hydrogens (tertiary/aromatic N) is 1. The molecular formula is C25H32N2O2. The van der Waals surface area contributed by atoms with E-state index >= 15 is 0 Å². The molecule has 1 heterocycles. The van der Waals surface area contributed by atoms with Crippen molar-refractivity contribution in [1.29, 1.82) is 0 Å². The van der Waals surface area contributed by atoms with Gasteiger partial charge in [-0.15, -0.1) is 0 Å². The second kappa shape index (κ2) is 8.19. The molecule has 1 saturated heterocycles. The normalized spacial score (nSPS) is 27.5. The fraction of sp³-hybridized carbons (Fsp3) is 0.480. The zero-order valence-electron chi connectivity index (χ0n) is 17.5. The predicted octanol–water partition coefficient (Wildman–Crippen LogP) is 3.74. The highest BCUT2D eigenvalue weighted by molar-refractivity contribution is 5.85. The van der Waals surface area contributed by atoms with Crippen LogP contribution in [0, 0.1) is 11.8 Å². The van der Waals surface area contributed by atoms with Crippen molar-refractivity contribution in [1.82, 2.24) is 10.2 Å². The predicted molar refractivity (Wildman–Crippen MR) is 116 cm³/mol. The van der Waals surface area contributed by atoms with E-state index in [9.17, 15) is 9.90 Å². The molecular weight excluding hydrogens is 360 g/mol. The second-order valence-corrected chi connectivity index (χ2v) is 8.93. The lowest BCUT2D eigenvalue weighted by molar-refractivity contribution is -0.123. The average molecular weight is 393 g/mol. The maximum atomic E-state index is 13.1. The molecule has 0 spiro atoms. The van der Waals surface area contributed by atoms with E-state index in [1.165, 1.54) is 24.0 Å². The van der Waals surface area contributed by atoms with Crippen molar-refractivity contribution in [3.05, 3.63) is 65.7 Å². The van der Waals surface area contributed by atoms with Gasteiger partial charge in [0.2, 0.25) is 5.91 Å². The van der Waals surface area contributed by atoms with Crippen molar-refractivity contribution in [2.75, 3.05) is 19.6 Å². The lowest BCUT2D eigenvalue weighted by atomic mass is 9.94. The minimum absolute atomic E-state index is 0.0396. The van der Waals surface area contributed by atoms with Crippen LogP contribution in [0.25, 0.3) is 0 Å². The summed E-state index contributed by atoms with van der Waals surface area (Å²) < 4.78 is 0. The van der Waals surface area contributed by atoms with Crippen molar-refractivity contribution >= 4 is 5.91 Å². The molecule has 2 N–H and O–H groups in total. The van der Waals surface area contributed by atoms with E-state index in [1.54, 1.807) is 12.1 Å². The Morgan fingerprint density at radius 2 is 1.79 bits per heavy atom. The third-order valence-electron chi connectivity index (χ3n) is 7.24. The van der Waals surface area contributed by atoms with Crippen molar-refractivity contribution in [3.8, 4) is 5.75 Å². The van der Waals surface area contributed by atoms with Crippen LogP contribution in [-0.4, -0.2) is 41.6 Å². The number of rotatable bonds is 7. The van der Waals surface area contributed by atoms with E-state index < -0.39 is 0 Å². The summed E-state index contributed by atoms with van der Waals surface area (Å²) >= 11 is 0. The molecule has 4 atom stereocenters. The Morgan fingerprint density at radius 3 is 2.45 bits per heavy atom. The maximum absolute atomic E-state index is 13.1. The van der Waals surface area contributed by atoms with Crippen LogP contribution in [0.4, 0.5) is 0 Å².